The smallest absolute Gasteiger partial charge is 0.174 e. The Morgan fingerprint density at radius 2 is 1.90 bits per heavy atom. The summed E-state index contributed by atoms with van der Waals surface area (Å²) in [7, 11) is 0. The molecule has 21 heavy (non-hydrogen) atoms. The highest BCUT2D eigenvalue weighted by molar-refractivity contribution is 6.34. The summed E-state index contributed by atoms with van der Waals surface area (Å²) < 4.78 is 1.74. The zero-order chi connectivity index (χ0) is 14.4. The molecule has 1 aliphatic carbocycles. The molecule has 1 aliphatic rings. The highest BCUT2D eigenvalue weighted by atomic mass is 35.5. The number of aromatic nitrogens is 3. The van der Waals surface area contributed by atoms with Gasteiger partial charge in [0.05, 0.1) is 5.69 Å². The first-order valence-corrected chi connectivity index (χ1v) is 7.72. The van der Waals surface area contributed by atoms with E-state index in [4.69, 9.17) is 23.2 Å². The fraction of sp³-hybridized carbons (Fsp3) is 0.250. The van der Waals surface area contributed by atoms with Gasteiger partial charge in [-0.25, -0.2) is 9.50 Å². The monoisotopic (exact) mass is 317 g/mol. The standard InChI is InChI=1S/C16H13Cl2N3/c17-12-6-2-1-5-11(12)16(7-3-8-16)14-13(18)15-19-9-4-10-21(15)20-14/h1-2,4-6,9-10H,3,7-8H2. The first-order valence-electron chi connectivity index (χ1n) is 6.97. The normalized spacial score (nSPS) is 16.9. The Balaban J connectivity index is 1.97. The van der Waals surface area contributed by atoms with E-state index in [9.17, 15) is 0 Å². The molecule has 0 bridgehead atoms. The molecule has 2 heterocycles. The molecule has 0 amide bonds. The summed E-state index contributed by atoms with van der Waals surface area (Å²) >= 11 is 13.0. The van der Waals surface area contributed by atoms with Crippen LogP contribution < -0.4 is 0 Å². The fourth-order valence-corrected chi connectivity index (χ4v) is 3.85. The fourth-order valence-electron chi connectivity index (χ4n) is 3.18. The van der Waals surface area contributed by atoms with Crippen molar-refractivity contribution < 1.29 is 0 Å². The second kappa shape index (κ2) is 4.72. The van der Waals surface area contributed by atoms with Crippen LogP contribution in [0.15, 0.2) is 42.7 Å². The molecule has 1 aromatic carbocycles. The minimum Gasteiger partial charge on any atom is -0.236 e. The van der Waals surface area contributed by atoms with Gasteiger partial charge in [-0.1, -0.05) is 47.8 Å². The van der Waals surface area contributed by atoms with Crippen LogP contribution in [0.3, 0.4) is 0 Å². The topological polar surface area (TPSA) is 30.2 Å². The van der Waals surface area contributed by atoms with E-state index in [-0.39, 0.29) is 5.41 Å². The van der Waals surface area contributed by atoms with Crippen LogP contribution in [0, 0.1) is 0 Å². The van der Waals surface area contributed by atoms with E-state index in [2.05, 4.69) is 16.1 Å². The van der Waals surface area contributed by atoms with Crippen LogP contribution in [0.25, 0.3) is 5.65 Å². The molecule has 0 N–H and O–H groups in total. The number of hydrogen-bond acceptors (Lipinski definition) is 2. The second-order valence-corrected chi connectivity index (χ2v) is 6.25. The highest BCUT2D eigenvalue weighted by Gasteiger charge is 2.45. The van der Waals surface area contributed by atoms with Crippen molar-refractivity contribution in [2.45, 2.75) is 24.7 Å². The van der Waals surface area contributed by atoms with Crippen LogP contribution in [0.2, 0.25) is 10.0 Å². The van der Waals surface area contributed by atoms with E-state index in [0.29, 0.717) is 10.7 Å². The molecule has 0 atom stereocenters. The van der Waals surface area contributed by atoms with Gasteiger partial charge in [0, 0.05) is 22.8 Å². The second-order valence-electron chi connectivity index (χ2n) is 5.47. The molecule has 0 radical (unpaired) electrons. The van der Waals surface area contributed by atoms with Crippen molar-refractivity contribution in [3.63, 3.8) is 0 Å². The third-order valence-electron chi connectivity index (χ3n) is 4.39. The summed E-state index contributed by atoms with van der Waals surface area (Å²) in [5.74, 6) is 0. The number of fused-ring (bicyclic) bond motifs is 1. The Kier molecular flexibility index (Phi) is 2.95. The lowest BCUT2D eigenvalue weighted by molar-refractivity contribution is 0.293. The summed E-state index contributed by atoms with van der Waals surface area (Å²) in [5, 5.41) is 6.10. The summed E-state index contributed by atoms with van der Waals surface area (Å²) in [6.07, 6.45) is 6.79. The van der Waals surface area contributed by atoms with Gasteiger partial charge in [0.1, 0.15) is 5.02 Å². The molecule has 2 aromatic heterocycles. The van der Waals surface area contributed by atoms with Crippen molar-refractivity contribution >= 4 is 28.8 Å². The number of hydrogen-bond donors (Lipinski definition) is 0. The van der Waals surface area contributed by atoms with Crippen molar-refractivity contribution in [2.24, 2.45) is 0 Å². The molecule has 106 valence electrons. The Morgan fingerprint density at radius 1 is 1.10 bits per heavy atom. The lowest BCUT2D eigenvalue weighted by atomic mass is 9.62. The van der Waals surface area contributed by atoms with E-state index in [1.807, 2.05) is 30.5 Å². The zero-order valence-electron chi connectivity index (χ0n) is 11.3. The Labute approximate surface area is 132 Å². The SMILES string of the molecule is Clc1ccccc1C1(c2nn3cccnc3c2Cl)CCC1. The Hall–Kier alpha value is -1.58. The van der Waals surface area contributed by atoms with Gasteiger partial charge in [-0.2, -0.15) is 5.10 Å². The van der Waals surface area contributed by atoms with Gasteiger partial charge in [-0.05, 0) is 30.5 Å². The van der Waals surface area contributed by atoms with Crippen LogP contribution in [-0.4, -0.2) is 14.6 Å². The number of halogens is 2. The molecule has 3 nitrogen and oxygen atoms in total. The third-order valence-corrected chi connectivity index (χ3v) is 5.07. The summed E-state index contributed by atoms with van der Waals surface area (Å²) in [4.78, 5) is 4.32. The Morgan fingerprint density at radius 3 is 2.57 bits per heavy atom. The molecule has 1 saturated carbocycles. The molecular formula is C16H13Cl2N3. The van der Waals surface area contributed by atoms with Gasteiger partial charge in [0.2, 0.25) is 0 Å². The van der Waals surface area contributed by atoms with Gasteiger partial charge < -0.3 is 0 Å². The van der Waals surface area contributed by atoms with Gasteiger partial charge in [-0.3, -0.25) is 0 Å². The van der Waals surface area contributed by atoms with Crippen LogP contribution >= 0.6 is 23.2 Å². The number of rotatable bonds is 2. The first kappa shape index (κ1) is 13.1. The van der Waals surface area contributed by atoms with Crippen LogP contribution in [-0.2, 0) is 5.41 Å². The van der Waals surface area contributed by atoms with Gasteiger partial charge in [0.25, 0.3) is 0 Å². The van der Waals surface area contributed by atoms with Crippen molar-refractivity contribution in [3.8, 4) is 0 Å². The summed E-state index contributed by atoms with van der Waals surface area (Å²) in [6, 6.07) is 9.82. The predicted octanol–water partition coefficient (Wildman–Crippen LogP) is 4.51. The van der Waals surface area contributed by atoms with E-state index in [1.54, 1.807) is 10.7 Å². The molecule has 0 unspecified atom stereocenters. The molecule has 0 saturated heterocycles. The lowest BCUT2D eigenvalue weighted by Crippen LogP contribution is -2.36. The zero-order valence-corrected chi connectivity index (χ0v) is 12.8. The molecular weight excluding hydrogens is 305 g/mol. The molecule has 0 spiro atoms. The van der Waals surface area contributed by atoms with Crippen molar-refractivity contribution in [1.29, 1.82) is 0 Å². The quantitative estimate of drug-likeness (QED) is 0.696. The summed E-state index contributed by atoms with van der Waals surface area (Å²) in [6.45, 7) is 0. The van der Waals surface area contributed by atoms with Crippen LogP contribution in [0.4, 0.5) is 0 Å². The minimum atomic E-state index is -0.177. The van der Waals surface area contributed by atoms with E-state index in [1.165, 1.54) is 0 Å². The average molecular weight is 318 g/mol. The van der Waals surface area contributed by atoms with E-state index < -0.39 is 0 Å². The molecule has 1 fully saturated rings. The van der Waals surface area contributed by atoms with Crippen molar-refractivity contribution in [2.75, 3.05) is 0 Å². The Bertz CT molecular complexity index is 821. The van der Waals surface area contributed by atoms with E-state index >= 15 is 0 Å². The largest absolute Gasteiger partial charge is 0.236 e. The maximum absolute atomic E-state index is 6.57. The van der Waals surface area contributed by atoms with Crippen molar-refractivity contribution in [3.05, 3.63) is 64.0 Å². The maximum atomic E-state index is 6.57. The molecule has 3 aromatic rings. The third kappa shape index (κ3) is 1.81. The predicted molar refractivity (Wildman–Crippen MR) is 84.1 cm³/mol. The van der Waals surface area contributed by atoms with Gasteiger partial charge >= 0.3 is 0 Å². The van der Waals surface area contributed by atoms with Crippen LogP contribution in [0.1, 0.15) is 30.5 Å². The summed E-state index contributed by atoms with van der Waals surface area (Å²) in [5.41, 5.74) is 2.53. The maximum Gasteiger partial charge on any atom is 0.174 e. The molecule has 5 heteroatoms. The number of benzene rings is 1. The highest BCUT2D eigenvalue weighted by Crippen LogP contribution is 2.52. The van der Waals surface area contributed by atoms with Crippen molar-refractivity contribution in [1.82, 2.24) is 14.6 Å². The van der Waals surface area contributed by atoms with E-state index in [0.717, 1.165) is 35.5 Å². The molecule has 4 rings (SSSR count). The molecule has 0 aliphatic heterocycles. The van der Waals surface area contributed by atoms with Gasteiger partial charge in [0.15, 0.2) is 5.65 Å². The van der Waals surface area contributed by atoms with Gasteiger partial charge in [-0.15, -0.1) is 0 Å². The lowest BCUT2D eigenvalue weighted by Gasteiger charge is -2.41. The average Bonchev–Trinajstić information content (AvgIpc) is 2.78. The minimum absolute atomic E-state index is 0.177. The number of nitrogens with zero attached hydrogens (tertiary/aromatic N) is 3. The van der Waals surface area contributed by atoms with Crippen LogP contribution in [0.5, 0.6) is 0 Å². The first-order chi connectivity index (χ1) is 10.2.